The van der Waals surface area contributed by atoms with Gasteiger partial charge in [0.05, 0.1) is 0 Å². The summed E-state index contributed by atoms with van der Waals surface area (Å²) in [6, 6.07) is 0. The minimum absolute atomic E-state index is 0.00763. The summed E-state index contributed by atoms with van der Waals surface area (Å²) in [6.07, 6.45) is 5.78. The molecule has 2 aliphatic rings. The average Bonchev–Trinajstić information content (AvgIpc) is 2.26. The van der Waals surface area contributed by atoms with E-state index in [1.54, 1.807) is 12.2 Å². The molecule has 0 amide bonds. The van der Waals surface area contributed by atoms with Crippen molar-refractivity contribution in [2.24, 2.45) is 11.3 Å². The molecule has 0 bridgehead atoms. The predicted octanol–water partition coefficient (Wildman–Crippen LogP) is 3.00. The van der Waals surface area contributed by atoms with Crippen LogP contribution in [0.25, 0.3) is 0 Å². The number of ketones is 2. The first kappa shape index (κ1) is 12.0. The van der Waals surface area contributed by atoms with Crippen molar-refractivity contribution in [3.05, 3.63) is 34.9 Å². The Morgan fingerprint density at radius 1 is 1.29 bits per heavy atom. The lowest BCUT2D eigenvalue weighted by atomic mass is 9.61. The number of fused-ring (bicyclic) bond motifs is 1. The molecule has 2 rings (SSSR count). The number of allylic oxidation sites excluding steroid dienone is 6. The number of rotatable bonds is 0. The quantitative estimate of drug-likeness (QED) is 0.599. The van der Waals surface area contributed by atoms with Crippen molar-refractivity contribution in [2.45, 2.75) is 34.1 Å². The molecule has 0 radical (unpaired) electrons. The van der Waals surface area contributed by atoms with Crippen molar-refractivity contribution in [3.63, 3.8) is 0 Å². The van der Waals surface area contributed by atoms with Crippen LogP contribution in [0.3, 0.4) is 0 Å². The molecule has 90 valence electrons. The summed E-state index contributed by atoms with van der Waals surface area (Å²) in [5, 5.41) is 0. The van der Waals surface area contributed by atoms with E-state index in [-0.39, 0.29) is 22.9 Å². The van der Waals surface area contributed by atoms with E-state index in [0.29, 0.717) is 12.0 Å². The van der Waals surface area contributed by atoms with Crippen LogP contribution in [0.1, 0.15) is 34.1 Å². The average molecular weight is 230 g/mol. The van der Waals surface area contributed by atoms with Crippen LogP contribution in [-0.2, 0) is 9.59 Å². The third kappa shape index (κ3) is 1.72. The molecule has 0 aromatic carbocycles. The fraction of sp³-hybridized carbons (Fsp3) is 0.467. The first-order chi connectivity index (χ1) is 7.86. The van der Waals surface area contributed by atoms with Gasteiger partial charge in [0, 0.05) is 11.0 Å². The Hall–Kier alpha value is -1.44. The third-order valence-corrected chi connectivity index (χ3v) is 4.14. The van der Waals surface area contributed by atoms with Crippen molar-refractivity contribution < 1.29 is 9.59 Å². The van der Waals surface area contributed by atoms with Gasteiger partial charge in [0.1, 0.15) is 0 Å². The summed E-state index contributed by atoms with van der Waals surface area (Å²) in [5.41, 5.74) is 2.39. The minimum atomic E-state index is -0.216. The molecule has 2 atom stereocenters. The zero-order valence-corrected chi connectivity index (χ0v) is 10.8. The SMILES string of the molecule is CC(C)=C1C[C@@]2(C)C(=CC1=O)C(=O)C=C[C@@H]2C. The fourth-order valence-electron chi connectivity index (χ4n) is 2.65. The highest BCUT2D eigenvalue weighted by molar-refractivity contribution is 6.15. The van der Waals surface area contributed by atoms with Crippen molar-refractivity contribution in [1.29, 1.82) is 0 Å². The Bertz CT molecular complexity index is 487. The minimum Gasteiger partial charge on any atom is -0.290 e. The van der Waals surface area contributed by atoms with Gasteiger partial charge in [-0.2, -0.15) is 0 Å². The maximum absolute atomic E-state index is 12.0. The van der Waals surface area contributed by atoms with E-state index < -0.39 is 0 Å². The molecule has 0 N–H and O–H groups in total. The van der Waals surface area contributed by atoms with Gasteiger partial charge in [-0.25, -0.2) is 0 Å². The smallest absolute Gasteiger partial charge is 0.182 e. The maximum atomic E-state index is 12.0. The van der Waals surface area contributed by atoms with Crippen LogP contribution in [0.2, 0.25) is 0 Å². The molecular formula is C15H18O2. The molecule has 0 unspecified atom stereocenters. The van der Waals surface area contributed by atoms with Gasteiger partial charge in [0.25, 0.3) is 0 Å². The lowest BCUT2D eigenvalue weighted by Crippen LogP contribution is -2.38. The Morgan fingerprint density at radius 3 is 2.53 bits per heavy atom. The normalized spacial score (nSPS) is 32.4. The molecule has 0 saturated heterocycles. The van der Waals surface area contributed by atoms with E-state index >= 15 is 0 Å². The van der Waals surface area contributed by atoms with Crippen molar-refractivity contribution in [1.82, 2.24) is 0 Å². The molecule has 0 fully saturated rings. The standard InChI is InChI=1S/C15H18O2/c1-9(2)11-8-15(4)10(3)5-6-13(16)12(15)7-14(11)17/h5-7,10H,8H2,1-4H3/t10-,15+/m0/s1. The molecule has 2 heteroatoms. The Kier molecular flexibility index (Phi) is 2.69. The Labute approximate surface area is 102 Å². The van der Waals surface area contributed by atoms with Gasteiger partial charge in [-0.3, -0.25) is 9.59 Å². The summed E-state index contributed by atoms with van der Waals surface area (Å²) in [7, 11) is 0. The highest BCUT2D eigenvalue weighted by atomic mass is 16.1. The first-order valence-corrected chi connectivity index (χ1v) is 6.01. The van der Waals surface area contributed by atoms with Crippen molar-refractivity contribution in [3.8, 4) is 0 Å². The molecule has 0 saturated carbocycles. The Morgan fingerprint density at radius 2 is 1.94 bits per heavy atom. The van der Waals surface area contributed by atoms with Crippen LogP contribution >= 0.6 is 0 Å². The van der Waals surface area contributed by atoms with E-state index in [1.807, 2.05) is 19.9 Å². The molecule has 0 heterocycles. The van der Waals surface area contributed by atoms with Gasteiger partial charge in [0.15, 0.2) is 11.6 Å². The van der Waals surface area contributed by atoms with Gasteiger partial charge < -0.3 is 0 Å². The zero-order chi connectivity index (χ0) is 12.8. The van der Waals surface area contributed by atoms with E-state index in [0.717, 1.165) is 11.1 Å². The van der Waals surface area contributed by atoms with Crippen LogP contribution in [-0.4, -0.2) is 11.6 Å². The van der Waals surface area contributed by atoms with E-state index in [4.69, 9.17) is 0 Å². The number of hydrogen-bond acceptors (Lipinski definition) is 2. The van der Waals surface area contributed by atoms with Crippen LogP contribution in [0.5, 0.6) is 0 Å². The molecule has 0 aromatic heterocycles. The highest BCUT2D eigenvalue weighted by Gasteiger charge is 2.43. The fourth-order valence-corrected chi connectivity index (χ4v) is 2.65. The van der Waals surface area contributed by atoms with E-state index in [1.165, 1.54) is 0 Å². The molecule has 2 aliphatic carbocycles. The second-order valence-corrected chi connectivity index (χ2v) is 5.51. The molecule has 2 nitrogen and oxygen atoms in total. The second kappa shape index (κ2) is 3.80. The zero-order valence-electron chi connectivity index (χ0n) is 10.8. The summed E-state index contributed by atoms with van der Waals surface area (Å²) in [4.78, 5) is 23.9. The van der Waals surface area contributed by atoms with Crippen LogP contribution in [0, 0.1) is 11.3 Å². The monoisotopic (exact) mass is 230 g/mol. The second-order valence-electron chi connectivity index (χ2n) is 5.51. The lowest BCUT2D eigenvalue weighted by Gasteiger charge is -2.41. The predicted molar refractivity (Wildman–Crippen MR) is 67.5 cm³/mol. The molecule has 17 heavy (non-hydrogen) atoms. The summed E-state index contributed by atoms with van der Waals surface area (Å²) < 4.78 is 0. The topological polar surface area (TPSA) is 34.1 Å². The first-order valence-electron chi connectivity index (χ1n) is 6.01. The van der Waals surface area contributed by atoms with Crippen LogP contribution in [0.15, 0.2) is 34.9 Å². The molecule has 0 aliphatic heterocycles. The van der Waals surface area contributed by atoms with Gasteiger partial charge in [-0.1, -0.05) is 25.5 Å². The lowest BCUT2D eigenvalue weighted by molar-refractivity contribution is -0.116. The number of carbonyl (C=O) groups excluding carboxylic acids is 2. The van der Waals surface area contributed by atoms with Crippen LogP contribution < -0.4 is 0 Å². The van der Waals surface area contributed by atoms with E-state index in [2.05, 4.69) is 13.8 Å². The number of carbonyl (C=O) groups is 2. The van der Waals surface area contributed by atoms with Crippen molar-refractivity contribution in [2.75, 3.05) is 0 Å². The van der Waals surface area contributed by atoms with Crippen molar-refractivity contribution >= 4 is 11.6 Å². The van der Waals surface area contributed by atoms with Crippen LogP contribution in [0.4, 0.5) is 0 Å². The molecule has 0 spiro atoms. The molecular weight excluding hydrogens is 212 g/mol. The third-order valence-electron chi connectivity index (χ3n) is 4.14. The summed E-state index contributed by atoms with van der Waals surface area (Å²) in [6.45, 7) is 8.11. The molecule has 0 aromatic rings. The summed E-state index contributed by atoms with van der Waals surface area (Å²) in [5.74, 6) is 0.286. The van der Waals surface area contributed by atoms with Gasteiger partial charge in [-0.15, -0.1) is 0 Å². The van der Waals surface area contributed by atoms with E-state index in [9.17, 15) is 9.59 Å². The highest BCUT2D eigenvalue weighted by Crippen LogP contribution is 2.48. The maximum Gasteiger partial charge on any atom is 0.182 e. The van der Waals surface area contributed by atoms with Gasteiger partial charge >= 0.3 is 0 Å². The largest absolute Gasteiger partial charge is 0.290 e. The Balaban J connectivity index is 2.60. The van der Waals surface area contributed by atoms with Gasteiger partial charge in [-0.05, 0) is 43.9 Å². The number of hydrogen-bond donors (Lipinski definition) is 0. The van der Waals surface area contributed by atoms with Gasteiger partial charge in [0.2, 0.25) is 0 Å². The summed E-state index contributed by atoms with van der Waals surface area (Å²) >= 11 is 0.